The number of carboxylic acid groups (broad SMARTS) is 2. The summed E-state index contributed by atoms with van der Waals surface area (Å²) in [5.41, 5.74) is 4.82. The molecule has 0 bridgehead atoms. The fourth-order valence-electron chi connectivity index (χ4n) is 9.82. The first-order valence-electron chi connectivity index (χ1n) is 28.4. The van der Waals surface area contributed by atoms with Gasteiger partial charge in [-0.1, -0.05) is 147 Å². The Labute approximate surface area is 494 Å². The van der Waals surface area contributed by atoms with Gasteiger partial charge in [-0.25, -0.2) is 9.59 Å². The van der Waals surface area contributed by atoms with Crippen LogP contribution in [-0.4, -0.2) is 114 Å². The minimum absolute atomic E-state index is 0.101. The van der Waals surface area contributed by atoms with Crippen LogP contribution in [-0.2, 0) is 63.4 Å². The molecule has 0 spiro atoms. The van der Waals surface area contributed by atoms with E-state index in [1.165, 1.54) is 0 Å². The van der Waals surface area contributed by atoms with Crippen molar-refractivity contribution in [3.63, 3.8) is 0 Å². The number of para-hydroxylation sites is 1. The standard InChI is InChI=1S/C65H84N8O11/c1-40(2)52(35-42(5)62(81)82)72(12)38-53(64(6,7)8)70-61(80)58(66-11)65(9,10)48-27-21-43(22-28-48)36-67-63(83)84-39-44-23-29-49(30-24-44)68-59(78)50(31-34-56(76)77)69-60(79)57(41(3)4)71-54(74)32-33-55(75)73-37-47-19-14-13-17-45(47)25-26-46-18-15-16-20-51(46)73/h13-24,27-30,35,40-41,50,52-53,57-58,66H,31-34,36-39H2,1-12H3,(H,67,83)(H,68,78)(H,69,79)(H,70,80)(H,71,74)(H,76,77)(H,81,82)/b42-35+/t50-,52+,53+,57-,58-/m0/s1. The van der Waals surface area contributed by atoms with Crippen LogP contribution in [0, 0.1) is 29.1 Å². The van der Waals surface area contributed by atoms with Crippen molar-refractivity contribution in [2.75, 3.05) is 30.9 Å². The van der Waals surface area contributed by atoms with Crippen LogP contribution in [0.2, 0.25) is 0 Å². The maximum atomic E-state index is 14.1. The van der Waals surface area contributed by atoms with E-state index in [0.717, 1.165) is 22.3 Å². The molecule has 5 atom stereocenters. The molecular formula is C65H84N8O11. The van der Waals surface area contributed by atoms with E-state index < -0.39 is 71.6 Å². The molecule has 0 radical (unpaired) electrons. The Balaban J connectivity index is 1.11. The molecule has 1 heterocycles. The number of carbonyl (C=O) groups is 8. The lowest BCUT2D eigenvalue weighted by atomic mass is 9.76. The smallest absolute Gasteiger partial charge is 0.407 e. The maximum Gasteiger partial charge on any atom is 0.407 e. The minimum atomic E-state index is -1.30. The van der Waals surface area contributed by atoms with Gasteiger partial charge in [0.1, 0.15) is 18.7 Å². The SMILES string of the molecule is CN[C@@H](C(=O)N[C@H](CN(C)[C@H](/C=C(\C)C(=O)O)C(C)C)C(C)(C)C)C(C)(C)c1ccc(CNC(=O)OCc2ccc(NC(=O)[C@H](CCC(=O)O)NC(=O)[C@@H](NC(=O)CCC(=O)N3Cc4ccccc4C#Cc4ccccc43)C(C)C)cc2)cc1. The number of nitrogens with zero attached hydrogens (tertiary/aromatic N) is 2. The zero-order chi connectivity index (χ0) is 62.1. The second-order valence-electron chi connectivity index (χ2n) is 23.7. The van der Waals surface area contributed by atoms with E-state index in [1.807, 2.05) is 101 Å². The lowest BCUT2D eigenvalue weighted by molar-refractivity contribution is -0.138. The molecule has 1 aliphatic heterocycles. The molecule has 0 aliphatic carbocycles. The lowest BCUT2D eigenvalue weighted by Gasteiger charge is -2.40. The number of hydrogen-bond acceptors (Lipinski definition) is 11. The number of hydrogen-bond donors (Lipinski definition) is 8. The van der Waals surface area contributed by atoms with Gasteiger partial charge in [-0.2, -0.15) is 0 Å². The van der Waals surface area contributed by atoms with Gasteiger partial charge in [0.05, 0.1) is 18.3 Å². The highest BCUT2D eigenvalue weighted by atomic mass is 16.5. The topological polar surface area (TPSA) is 265 Å². The van der Waals surface area contributed by atoms with Gasteiger partial charge < -0.3 is 51.8 Å². The molecule has 0 fully saturated rings. The Hall–Kier alpha value is -8.34. The Morgan fingerprint density at radius 2 is 1.35 bits per heavy atom. The number of alkyl carbamates (subject to hydrolysis) is 1. The Bertz CT molecular complexity index is 3080. The third-order valence-electron chi connectivity index (χ3n) is 15.1. The highest BCUT2D eigenvalue weighted by Crippen LogP contribution is 2.30. The number of carboxylic acids is 2. The molecule has 84 heavy (non-hydrogen) atoms. The molecule has 0 unspecified atom stereocenters. The molecule has 19 nitrogen and oxygen atoms in total. The molecule has 4 aromatic rings. The number of anilines is 2. The fraction of sp³-hybridized carbons (Fsp3) is 0.446. The van der Waals surface area contributed by atoms with Gasteiger partial charge in [0.2, 0.25) is 29.5 Å². The third-order valence-corrected chi connectivity index (χ3v) is 15.1. The van der Waals surface area contributed by atoms with Crippen molar-refractivity contribution in [3.05, 3.63) is 142 Å². The van der Waals surface area contributed by atoms with Crippen molar-refractivity contribution >= 4 is 58.9 Å². The zero-order valence-corrected chi connectivity index (χ0v) is 50.5. The lowest BCUT2D eigenvalue weighted by Crippen LogP contribution is -2.59. The van der Waals surface area contributed by atoms with Crippen LogP contribution in [0.1, 0.15) is 128 Å². The number of amides is 6. The molecule has 0 saturated carbocycles. The van der Waals surface area contributed by atoms with E-state index in [-0.39, 0.29) is 79.8 Å². The van der Waals surface area contributed by atoms with Gasteiger partial charge in [0, 0.05) is 72.2 Å². The first-order valence-corrected chi connectivity index (χ1v) is 28.4. The largest absolute Gasteiger partial charge is 0.481 e. The van der Waals surface area contributed by atoms with E-state index >= 15 is 0 Å². The molecule has 1 aliphatic rings. The molecule has 8 N–H and O–H groups in total. The average molecular weight is 1150 g/mol. The van der Waals surface area contributed by atoms with E-state index in [2.05, 4.69) is 69.4 Å². The van der Waals surface area contributed by atoms with E-state index in [1.54, 1.807) is 69.1 Å². The van der Waals surface area contributed by atoms with Crippen LogP contribution in [0.3, 0.4) is 0 Å². The number of likely N-dealkylation sites (N-methyl/N-ethyl adjacent to an activating group) is 2. The van der Waals surface area contributed by atoms with Crippen molar-refractivity contribution < 1.29 is 53.3 Å². The Morgan fingerprint density at radius 1 is 0.726 bits per heavy atom. The van der Waals surface area contributed by atoms with Gasteiger partial charge in [-0.15, -0.1) is 0 Å². The van der Waals surface area contributed by atoms with Crippen molar-refractivity contribution in [2.45, 2.75) is 150 Å². The summed E-state index contributed by atoms with van der Waals surface area (Å²) in [7, 11) is 3.69. The van der Waals surface area contributed by atoms with Crippen LogP contribution >= 0.6 is 0 Å². The summed E-state index contributed by atoms with van der Waals surface area (Å²) in [5, 5.41) is 36.4. The summed E-state index contributed by atoms with van der Waals surface area (Å²) in [5.74, 6) is 1.41. The molecule has 450 valence electrons. The van der Waals surface area contributed by atoms with Crippen LogP contribution < -0.4 is 36.8 Å². The number of nitrogens with one attached hydrogen (secondary N) is 6. The quantitative estimate of drug-likeness (QED) is 0.0211. The molecule has 19 heteroatoms. The average Bonchev–Trinajstić information content (AvgIpc) is 3.03. The zero-order valence-electron chi connectivity index (χ0n) is 50.5. The van der Waals surface area contributed by atoms with Gasteiger partial charge in [0.15, 0.2) is 0 Å². The molecule has 6 amide bonds. The predicted octanol–water partition coefficient (Wildman–Crippen LogP) is 7.65. The van der Waals surface area contributed by atoms with E-state index in [9.17, 15) is 48.6 Å². The van der Waals surface area contributed by atoms with Crippen molar-refractivity contribution in [2.24, 2.45) is 17.3 Å². The summed E-state index contributed by atoms with van der Waals surface area (Å²) >= 11 is 0. The number of ether oxygens (including phenoxy) is 1. The number of fused-ring (bicyclic) bond motifs is 2. The highest BCUT2D eigenvalue weighted by molar-refractivity contribution is 6.00. The van der Waals surface area contributed by atoms with Gasteiger partial charge in [0.25, 0.3) is 0 Å². The first kappa shape index (κ1) is 66.5. The Kier molecular flexibility index (Phi) is 24.0. The molecular weight excluding hydrogens is 1070 g/mol. The monoisotopic (exact) mass is 1150 g/mol. The Morgan fingerprint density at radius 3 is 1.95 bits per heavy atom. The van der Waals surface area contributed by atoms with Crippen molar-refractivity contribution in [3.8, 4) is 11.8 Å². The predicted molar refractivity (Wildman–Crippen MR) is 323 cm³/mol. The molecule has 4 aromatic carbocycles. The second-order valence-corrected chi connectivity index (χ2v) is 23.7. The summed E-state index contributed by atoms with van der Waals surface area (Å²) in [6.45, 7) is 20.0. The van der Waals surface area contributed by atoms with Crippen LogP contribution in [0.25, 0.3) is 0 Å². The van der Waals surface area contributed by atoms with Crippen LogP contribution in [0.4, 0.5) is 16.2 Å². The van der Waals surface area contributed by atoms with Crippen molar-refractivity contribution in [1.29, 1.82) is 0 Å². The summed E-state index contributed by atoms with van der Waals surface area (Å²) in [6.07, 6.45) is 0.00698. The summed E-state index contributed by atoms with van der Waals surface area (Å²) < 4.78 is 5.47. The summed E-state index contributed by atoms with van der Waals surface area (Å²) in [6, 6.07) is 25.4. The van der Waals surface area contributed by atoms with Crippen molar-refractivity contribution in [1.82, 2.24) is 31.5 Å². The first-order chi connectivity index (χ1) is 39.6. The third kappa shape index (κ3) is 19.1. The molecule has 0 aromatic heterocycles. The fourth-order valence-corrected chi connectivity index (χ4v) is 9.82. The number of rotatable bonds is 27. The van der Waals surface area contributed by atoms with E-state index in [4.69, 9.17) is 4.74 Å². The summed E-state index contributed by atoms with van der Waals surface area (Å²) in [4.78, 5) is 109. The number of benzene rings is 4. The van der Waals surface area contributed by atoms with E-state index in [0.29, 0.717) is 29.0 Å². The van der Waals surface area contributed by atoms with Crippen LogP contribution in [0.5, 0.6) is 0 Å². The second kappa shape index (κ2) is 30.3. The molecule has 5 rings (SSSR count). The van der Waals surface area contributed by atoms with Gasteiger partial charge >= 0.3 is 18.0 Å². The van der Waals surface area contributed by atoms with Crippen LogP contribution in [0.15, 0.2) is 109 Å². The number of carbonyl (C=O) groups excluding carboxylic acids is 6. The highest BCUT2D eigenvalue weighted by Gasteiger charge is 2.39. The minimum Gasteiger partial charge on any atom is -0.481 e. The normalized spacial score (nSPS) is 14.2. The molecule has 0 saturated heterocycles. The van der Waals surface area contributed by atoms with Gasteiger partial charge in [-0.3, -0.25) is 33.7 Å². The number of aliphatic carboxylic acids is 2. The maximum absolute atomic E-state index is 14.1. The van der Waals surface area contributed by atoms with Gasteiger partial charge in [-0.05, 0) is 97.3 Å².